The lowest BCUT2D eigenvalue weighted by atomic mass is 9.80. The Kier molecular flexibility index (Phi) is 3.83. The van der Waals surface area contributed by atoms with E-state index in [2.05, 4.69) is 0 Å². The number of ether oxygens (including phenoxy) is 2. The van der Waals surface area contributed by atoms with Gasteiger partial charge in [0.25, 0.3) is 0 Å². The Morgan fingerprint density at radius 1 is 0.885 bits per heavy atom. The zero-order valence-corrected chi connectivity index (χ0v) is 14.0. The lowest BCUT2D eigenvalue weighted by molar-refractivity contribution is 0.0691. The highest BCUT2D eigenvalue weighted by atomic mass is 16.5. The molecule has 0 amide bonds. The van der Waals surface area contributed by atoms with Gasteiger partial charge in [-0.3, -0.25) is 9.59 Å². The number of phenolic OH excluding ortho intramolecular Hbond substituents is 1. The molecule has 134 valence electrons. The molecule has 0 aromatic heterocycles. The molecule has 0 atom stereocenters. The first-order valence-electron chi connectivity index (χ1n) is 7.41. The Morgan fingerprint density at radius 2 is 1.31 bits per heavy atom. The van der Waals surface area contributed by atoms with Crippen LogP contribution in [0, 0.1) is 6.92 Å². The average Bonchev–Trinajstić information content (AvgIpc) is 2.61. The molecule has 0 unspecified atom stereocenters. The molecule has 0 saturated carbocycles. The molecule has 1 aliphatic rings. The minimum absolute atomic E-state index is 0.0441. The third-order valence-electron chi connectivity index (χ3n) is 4.37. The molecular weight excluding hydrogens is 344 g/mol. The van der Waals surface area contributed by atoms with Gasteiger partial charge in [0, 0.05) is 16.7 Å². The topological polar surface area (TPSA) is 130 Å². The van der Waals surface area contributed by atoms with Crippen LogP contribution in [0.2, 0.25) is 0 Å². The molecule has 0 fully saturated rings. The number of ketones is 2. The summed E-state index contributed by atoms with van der Waals surface area (Å²) in [5.41, 5.74) is -1.96. The van der Waals surface area contributed by atoms with Crippen molar-refractivity contribution < 1.29 is 39.2 Å². The van der Waals surface area contributed by atoms with Gasteiger partial charge in [-0.1, -0.05) is 0 Å². The fourth-order valence-electron chi connectivity index (χ4n) is 3.07. The zero-order chi connectivity index (χ0) is 19.3. The number of carbonyl (C=O) groups is 3. The van der Waals surface area contributed by atoms with E-state index in [1.165, 1.54) is 33.3 Å². The van der Waals surface area contributed by atoms with Crippen LogP contribution in [0.1, 0.15) is 47.8 Å². The maximum Gasteiger partial charge on any atom is 0.339 e. The van der Waals surface area contributed by atoms with Crippen LogP contribution in [0.3, 0.4) is 0 Å². The van der Waals surface area contributed by atoms with E-state index in [4.69, 9.17) is 9.47 Å². The molecule has 2 aromatic rings. The number of hydrogen-bond acceptors (Lipinski definition) is 7. The fourth-order valence-corrected chi connectivity index (χ4v) is 3.07. The molecule has 0 saturated heterocycles. The van der Waals surface area contributed by atoms with E-state index in [1.54, 1.807) is 0 Å². The van der Waals surface area contributed by atoms with Crippen LogP contribution in [0.15, 0.2) is 12.1 Å². The monoisotopic (exact) mass is 358 g/mol. The van der Waals surface area contributed by atoms with E-state index in [9.17, 15) is 29.7 Å². The van der Waals surface area contributed by atoms with E-state index in [-0.39, 0.29) is 28.2 Å². The van der Waals surface area contributed by atoms with Crippen LogP contribution in [0.5, 0.6) is 23.0 Å². The zero-order valence-electron chi connectivity index (χ0n) is 14.0. The summed E-state index contributed by atoms with van der Waals surface area (Å²) >= 11 is 0. The normalized spacial score (nSPS) is 12.4. The van der Waals surface area contributed by atoms with E-state index in [0.717, 1.165) is 0 Å². The van der Waals surface area contributed by atoms with Gasteiger partial charge < -0.3 is 24.8 Å². The number of carboxylic acids is 1. The maximum absolute atomic E-state index is 12.9. The van der Waals surface area contributed by atoms with Gasteiger partial charge in [0.15, 0.2) is 23.1 Å². The van der Waals surface area contributed by atoms with Gasteiger partial charge in [0.05, 0.1) is 25.3 Å². The molecule has 3 rings (SSSR count). The summed E-state index contributed by atoms with van der Waals surface area (Å²) in [6.45, 7) is 1.24. The first-order valence-corrected chi connectivity index (χ1v) is 7.41. The summed E-state index contributed by atoms with van der Waals surface area (Å²) in [5, 5.41) is 29.9. The number of carbonyl (C=O) groups excluding carboxylic acids is 2. The van der Waals surface area contributed by atoms with E-state index in [0.29, 0.717) is 0 Å². The quantitative estimate of drug-likeness (QED) is 0.605. The van der Waals surface area contributed by atoms with Crippen molar-refractivity contribution in [1.82, 2.24) is 0 Å². The fraction of sp³-hybridized carbons (Fsp3) is 0.167. The average molecular weight is 358 g/mol. The van der Waals surface area contributed by atoms with Crippen LogP contribution in [0.4, 0.5) is 0 Å². The molecule has 1 aliphatic carbocycles. The second-order valence-corrected chi connectivity index (χ2v) is 5.66. The summed E-state index contributed by atoms with van der Waals surface area (Å²) in [7, 11) is 2.71. The summed E-state index contributed by atoms with van der Waals surface area (Å²) in [6, 6.07) is 2.57. The standard InChI is InChI=1S/C18H14O8/c1-6-11(18(23)24)17(22)13-12(14(6)19)15(20)7-4-9(25-2)10(26-3)5-8(7)16(13)21/h4-5,19,22H,1-3H3,(H,23,24). The number of aromatic carboxylic acids is 1. The molecule has 0 heterocycles. The lowest BCUT2D eigenvalue weighted by Crippen LogP contribution is -2.23. The predicted octanol–water partition coefficient (Wildman–Crippen LogP) is 1.90. The molecule has 8 heteroatoms. The largest absolute Gasteiger partial charge is 0.507 e. The Hall–Kier alpha value is -3.55. The number of benzene rings is 2. The number of hydrogen-bond donors (Lipinski definition) is 3. The predicted molar refractivity (Wildman–Crippen MR) is 87.9 cm³/mol. The molecule has 8 nitrogen and oxygen atoms in total. The number of fused-ring (bicyclic) bond motifs is 2. The van der Waals surface area contributed by atoms with Crippen molar-refractivity contribution in [3.63, 3.8) is 0 Å². The van der Waals surface area contributed by atoms with Crippen molar-refractivity contribution in [1.29, 1.82) is 0 Å². The summed E-state index contributed by atoms with van der Waals surface area (Å²) < 4.78 is 10.2. The van der Waals surface area contributed by atoms with Crippen molar-refractivity contribution in [3.8, 4) is 23.0 Å². The Bertz CT molecular complexity index is 1000. The Labute approximate surface area is 147 Å². The van der Waals surface area contributed by atoms with Crippen molar-refractivity contribution in [3.05, 3.63) is 45.5 Å². The molecule has 26 heavy (non-hydrogen) atoms. The summed E-state index contributed by atoms with van der Waals surface area (Å²) in [4.78, 5) is 37.1. The van der Waals surface area contributed by atoms with Gasteiger partial charge in [-0.05, 0) is 19.1 Å². The van der Waals surface area contributed by atoms with Crippen molar-refractivity contribution in [2.45, 2.75) is 6.92 Å². The van der Waals surface area contributed by atoms with Crippen LogP contribution < -0.4 is 9.47 Å². The number of methoxy groups -OCH3 is 2. The van der Waals surface area contributed by atoms with Gasteiger partial charge >= 0.3 is 5.97 Å². The maximum atomic E-state index is 12.9. The van der Waals surface area contributed by atoms with Gasteiger partial charge in [-0.2, -0.15) is 0 Å². The molecule has 0 bridgehead atoms. The van der Waals surface area contributed by atoms with Crippen molar-refractivity contribution in [2.75, 3.05) is 14.2 Å². The third kappa shape index (κ3) is 2.12. The molecule has 3 N–H and O–H groups in total. The SMILES string of the molecule is COc1cc2c(cc1OC)C(=O)c1c(O)c(C(=O)O)c(C)c(O)c1C2=O. The summed E-state index contributed by atoms with van der Waals surface area (Å²) in [5.74, 6) is -4.19. The first kappa shape index (κ1) is 17.3. The number of rotatable bonds is 3. The van der Waals surface area contributed by atoms with Crippen LogP contribution >= 0.6 is 0 Å². The summed E-state index contributed by atoms with van der Waals surface area (Å²) in [6.07, 6.45) is 0. The smallest absolute Gasteiger partial charge is 0.339 e. The van der Waals surface area contributed by atoms with Crippen LogP contribution in [-0.2, 0) is 0 Å². The van der Waals surface area contributed by atoms with Crippen LogP contribution in [-0.4, -0.2) is 47.1 Å². The van der Waals surface area contributed by atoms with Gasteiger partial charge in [0.1, 0.15) is 17.1 Å². The molecule has 0 radical (unpaired) electrons. The molecular formula is C18H14O8. The van der Waals surface area contributed by atoms with E-state index in [1.807, 2.05) is 0 Å². The minimum Gasteiger partial charge on any atom is -0.507 e. The Morgan fingerprint density at radius 3 is 1.69 bits per heavy atom. The number of phenols is 2. The molecule has 2 aromatic carbocycles. The van der Waals surface area contributed by atoms with E-state index < -0.39 is 45.7 Å². The highest BCUT2D eigenvalue weighted by molar-refractivity contribution is 6.31. The second-order valence-electron chi connectivity index (χ2n) is 5.66. The number of aromatic hydroxyl groups is 2. The lowest BCUT2D eigenvalue weighted by Gasteiger charge is -2.23. The second kappa shape index (κ2) is 5.76. The van der Waals surface area contributed by atoms with Crippen LogP contribution in [0.25, 0.3) is 0 Å². The first-order chi connectivity index (χ1) is 12.2. The van der Waals surface area contributed by atoms with Gasteiger partial charge in [-0.25, -0.2) is 4.79 Å². The van der Waals surface area contributed by atoms with Crippen molar-refractivity contribution >= 4 is 17.5 Å². The third-order valence-corrected chi connectivity index (χ3v) is 4.37. The minimum atomic E-state index is -1.53. The van der Waals surface area contributed by atoms with Gasteiger partial charge in [0.2, 0.25) is 0 Å². The molecule has 0 spiro atoms. The number of carboxylic acid groups (broad SMARTS) is 1. The highest BCUT2D eigenvalue weighted by Crippen LogP contribution is 2.44. The molecule has 0 aliphatic heterocycles. The Balaban J connectivity index is 2.40. The van der Waals surface area contributed by atoms with E-state index >= 15 is 0 Å². The highest BCUT2D eigenvalue weighted by Gasteiger charge is 2.39. The van der Waals surface area contributed by atoms with Gasteiger partial charge in [-0.15, -0.1) is 0 Å². The van der Waals surface area contributed by atoms with Crippen molar-refractivity contribution in [2.24, 2.45) is 0 Å².